The molecule has 0 amide bonds. The Kier molecular flexibility index (Phi) is 4.27. The van der Waals surface area contributed by atoms with E-state index in [4.69, 9.17) is 0 Å². The molecular formula is C18H10N6O3S. The fourth-order valence-electron chi connectivity index (χ4n) is 2.72. The molecule has 4 rings (SSSR count). The highest BCUT2D eigenvalue weighted by atomic mass is 32.1. The summed E-state index contributed by atoms with van der Waals surface area (Å²) >= 11 is 1.33. The van der Waals surface area contributed by atoms with E-state index in [-0.39, 0.29) is 28.5 Å². The van der Waals surface area contributed by atoms with Crippen LogP contribution in [0.5, 0.6) is 0 Å². The lowest BCUT2D eigenvalue weighted by atomic mass is 10.2. The van der Waals surface area contributed by atoms with Crippen molar-refractivity contribution in [3.05, 3.63) is 74.8 Å². The van der Waals surface area contributed by atoms with Gasteiger partial charge in [0.05, 0.1) is 10.3 Å². The SMILES string of the molecule is N#C/C(=N\Nc1ccccc1[N+](=O)[O-])c1nc2sc3ccccc3c2c(=O)[nH]1. The molecule has 2 aromatic heterocycles. The molecule has 0 unspecified atom stereocenters. The first-order chi connectivity index (χ1) is 13.6. The van der Waals surface area contributed by atoms with E-state index in [1.54, 1.807) is 6.07 Å². The number of aromatic nitrogens is 2. The minimum Gasteiger partial charge on any atom is -0.304 e. The van der Waals surface area contributed by atoms with E-state index in [9.17, 15) is 20.2 Å². The summed E-state index contributed by atoms with van der Waals surface area (Å²) in [5, 5.41) is 25.6. The lowest BCUT2D eigenvalue weighted by Crippen LogP contribution is -2.16. The number of anilines is 1. The minimum atomic E-state index is -0.562. The van der Waals surface area contributed by atoms with E-state index in [1.807, 2.05) is 30.3 Å². The Bertz CT molecular complexity index is 1370. The van der Waals surface area contributed by atoms with Crippen LogP contribution >= 0.6 is 11.3 Å². The van der Waals surface area contributed by atoms with Crippen LogP contribution in [-0.4, -0.2) is 20.6 Å². The van der Waals surface area contributed by atoms with Crippen molar-refractivity contribution < 1.29 is 4.92 Å². The number of aromatic amines is 1. The number of hydrazone groups is 1. The predicted octanol–water partition coefficient (Wildman–Crippen LogP) is 3.39. The second-order valence-electron chi connectivity index (χ2n) is 5.65. The average Bonchev–Trinajstić information content (AvgIpc) is 3.07. The molecule has 0 fully saturated rings. The Morgan fingerprint density at radius 2 is 2.00 bits per heavy atom. The first-order valence-electron chi connectivity index (χ1n) is 7.97. The van der Waals surface area contributed by atoms with Crippen molar-refractivity contribution in [1.82, 2.24) is 9.97 Å². The second-order valence-corrected chi connectivity index (χ2v) is 6.68. The Labute approximate surface area is 160 Å². The van der Waals surface area contributed by atoms with Crippen LogP contribution in [0.4, 0.5) is 11.4 Å². The van der Waals surface area contributed by atoms with Crippen LogP contribution in [0.25, 0.3) is 20.3 Å². The summed E-state index contributed by atoms with van der Waals surface area (Å²) in [4.78, 5) is 30.5. The number of H-pyrrole nitrogens is 1. The largest absolute Gasteiger partial charge is 0.304 e. The van der Waals surface area contributed by atoms with Crippen LogP contribution < -0.4 is 11.0 Å². The Balaban J connectivity index is 1.79. The van der Waals surface area contributed by atoms with Gasteiger partial charge in [0, 0.05) is 16.2 Å². The molecule has 0 radical (unpaired) electrons. The molecular weight excluding hydrogens is 380 g/mol. The second kappa shape index (κ2) is 6.90. The van der Waals surface area contributed by atoms with Gasteiger partial charge in [0.1, 0.15) is 16.6 Å². The minimum absolute atomic E-state index is 0.0161. The van der Waals surface area contributed by atoms with E-state index in [0.717, 1.165) is 10.1 Å². The van der Waals surface area contributed by atoms with Gasteiger partial charge in [-0.25, -0.2) is 4.98 Å². The molecule has 2 heterocycles. The summed E-state index contributed by atoms with van der Waals surface area (Å²) in [6, 6.07) is 15.2. The fourth-order valence-corrected chi connectivity index (χ4v) is 3.79. The molecule has 0 spiro atoms. The molecule has 0 bridgehead atoms. The van der Waals surface area contributed by atoms with E-state index in [2.05, 4.69) is 20.5 Å². The van der Waals surface area contributed by atoms with E-state index >= 15 is 0 Å². The summed E-state index contributed by atoms with van der Waals surface area (Å²) in [5.41, 5.74) is 1.85. The van der Waals surface area contributed by atoms with Crippen molar-refractivity contribution in [3.8, 4) is 6.07 Å². The molecule has 0 aliphatic carbocycles. The van der Waals surface area contributed by atoms with Crippen LogP contribution in [0.1, 0.15) is 5.82 Å². The van der Waals surface area contributed by atoms with Crippen molar-refractivity contribution in [3.63, 3.8) is 0 Å². The topological polar surface area (TPSA) is 137 Å². The van der Waals surface area contributed by atoms with Crippen LogP contribution in [0.3, 0.4) is 0 Å². The van der Waals surface area contributed by atoms with Crippen molar-refractivity contribution >= 4 is 48.7 Å². The zero-order chi connectivity index (χ0) is 19.7. The Hall–Kier alpha value is -4.10. The van der Waals surface area contributed by atoms with Crippen molar-refractivity contribution in [2.75, 3.05) is 5.43 Å². The maximum atomic E-state index is 12.5. The van der Waals surface area contributed by atoms with Gasteiger partial charge in [-0.15, -0.1) is 11.3 Å². The standard InChI is InChI=1S/C18H10N6O3S/c19-9-12(23-22-11-6-2-3-7-13(11)24(26)27)16-20-17(25)15-10-5-1-4-8-14(10)28-18(15)21-16/h1-8,22H,(H,20,21,25)/b23-12+. The number of nitriles is 1. The number of thiophene rings is 1. The molecule has 10 heteroatoms. The maximum absolute atomic E-state index is 12.5. The van der Waals surface area contributed by atoms with Gasteiger partial charge in [-0.2, -0.15) is 10.4 Å². The molecule has 9 nitrogen and oxygen atoms in total. The number of para-hydroxylation sites is 2. The molecule has 0 saturated heterocycles. The highest BCUT2D eigenvalue weighted by Crippen LogP contribution is 2.30. The maximum Gasteiger partial charge on any atom is 0.294 e. The van der Waals surface area contributed by atoms with Gasteiger partial charge in [0.25, 0.3) is 11.2 Å². The van der Waals surface area contributed by atoms with Gasteiger partial charge >= 0.3 is 0 Å². The van der Waals surface area contributed by atoms with Gasteiger partial charge in [-0.05, 0) is 12.1 Å². The third-order valence-corrected chi connectivity index (χ3v) is 5.03. The summed E-state index contributed by atoms with van der Waals surface area (Å²) in [6.45, 7) is 0. The van der Waals surface area contributed by atoms with Crippen LogP contribution in [0, 0.1) is 21.4 Å². The number of nitro groups is 1. The zero-order valence-corrected chi connectivity index (χ0v) is 14.9. The highest BCUT2D eigenvalue weighted by Gasteiger charge is 2.16. The summed E-state index contributed by atoms with van der Waals surface area (Å²) < 4.78 is 0.904. The lowest BCUT2D eigenvalue weighted by Gasteiger charge is -2.03. The van der Waals surface area contributed by atoms with Gasteiger partial charge in [-0.1, -0.05) is 30.3 Å². The Morgan fingerprint density at radius 1 is 1.25 bits per heavy atom. The number of nitro benzene ring substituents is 1. The molecule has 2 aromatic carbocycles. The summed E-state index contributed by atoms with van der Waals surface area (Å²) in [6.07, 6.45) is 0. The molecule has 28 heavy (non-hydrogen) atoms. The van der Waals surface area contributed by atoms with Crippen molar-refractivity contribution in [2.45, 2.75) is 0 Å². The number of nitrogens with zero attached hydrogens (tertiary/aromatic N) is 4. The number of fused-ring (bicyclic) bond motifs is 3. The zero-order valence-electron chi connectivity index (χ0n) is 14.0. The van der Waals surface area contributed by atoms with Gasteiger partial charge in [-0.3, -0.25) is 20.3 Å². The summed E-state index contributed by atoms with van der Waals surface area (Å²) in [5.74, 6) is -0.0161. The third kappa shape index (κ3) is 2.95. The van der Waals surface area contributed by atoms with Crippen LogP contribution in [0.15, 0.2) is 58.4 Å². The molecule has 136 valence electrons. The third-order valence-electron chi connectivity index (χ3n) is 3.97. The normalized spacial score (nSPS) is 11.5. The molecule has 4 aromatic rings. The Morgan fingerprint density at radius 3 is 2.79 bits per heavy atom. The lowest BCUT2D eigenvalue weighted by molar-refractivity contribution is -0.384. The quantitative estimate of drug-likeness (QED) is 0.311. The molecule has 0 saturated carbocycles. The van der Waals surface area contributed by atoms with E-state index in [1.165, 1.54) is 29.5 Å². The molecule has 2 N–H and O–H groups in total. The number of nitrogens with one attached hydrogen (secondary N) is 2. The molecule has 0 aliphatic heterocycles. The average molecular weight is 390 g/mol. The highest BCUT2D eigenvalue weighted by molar-refractivity contribution is 7.25. The van der Waals surface area contributed by atoms with Gasteiger partial charge in [0.2, 0.25) is 5.71 Å². The summed E-state index contributed by atoms with van der Waals surface area (Å²) in [7, 11) is 0. The molecule has 0 atom stereocenters. The van der Waals surface area contributed by atoms with Gasteiger partial charge < -0.3 is 4.98 Å². The van der Waals surface area contributed by atoms with Gasteiger partial charge in [0.15, 0.2) is 5.82 Å². The monoisotopic (exact) mass is 390 g/mol. The van der Waals surface area contributed by atoms with E-state index in [0.29, 0.717) is 10.2 Å². The van der Waals surface area contributed by atoms with Crippen molar-refractivity contribution in [1.29, 1.82) is 5.26 Å². The van der Waals surface area contributed by atoms with Crippen LogP contribution in [0.2, 0.25) is 0 Å². The smallest absolute Gasteiger partial charge is 0.294 e. The number of rotatable bonds is 4. The molecule has 0 aliphatic rings. The van der Waals surface area contributed by atoms with Crippen LogP contribution in [-0.2, 0) is 0 Å². The fraction of sp³-hybridized carbons (Fsp3) is 0. The first-order valence-corrected chi connectivity index (χ1v) is 8.79. The van der Waals surface area contributed by atoms with E-state index < -0.39 is 4.92 Å². The van der Waals surface area contributed by atoms with Crippen molar-refractivity contribution in [2.24, 2.45) is 5.10 Å². The number of benzene rings is 2. The first kappa shape index (κ1) is 17.3. The predicted molar refractivity (Wildman–Crippen MR) is 107 cm³/mol. The number of hydrogen-bond donors (Lipinski definition) is 2. The number of hydrogen-bond acceptors (Lipinski definition) is 8.